The average molecular weight is 657 g/mol. The van der Waals surface area contributed by atoms with Crippen LogP contribution in [-0.2, 0) is 36.0 Å². The highest BCUT2D eigenvalue weighted by atomic mass is 35.5. The molecule has 4 aromatic rings. The quantitative estimate of drug-likeness (QED) is 0.190. The number of aromatic nitrogens is 3. The van der Waals surface area contributed by atoms with Gasteiger partial charge in [-0.3, -0.25) is 13.9 Å². The molecule has 0 fully saturated rings. The molecular weight excluding hydrogens is 619 g/mol. The summed E-state index contributed by atoms with van der Waals surface area (Å²) in [7, 11) is -1.74. The van der Waals surface area contributed by atoms with Crippen molar-refractivity contribution in [3.8, 4) is 5.75 Å². The third-order valence-electron chi connectivity index (χ3n) is 9.01. The van der Waals surface area contributed by atoms with Crippen LogP contribution < -0.4 is 4.74 Å². The monoisotopic (exact) mass is 656 g/mol. The van der Waals surface area contributed by atoms with Gasteiger partial charge in [0, 0.05) is 25.6 Å². The van der Waals surface area contributed by atoms with Crippen molar-refractivity contribution in [3.05, 3.63) is 80.6 Å². The smallest absolute Gasteiger partial charge is 0.306 e. The number of ether oxygens (including phenoxy) is 2. The summed E-state index contributed by atoms with van der Waals surface area (Å²) in [6.07, 6.45) is 3.06. The molecule has 1 aliphatic heterocycles. The Hall–Kier alpha value is -3.22. The number of nitrogens with zero attached hydrogens (tertiary/aromatic N) is 4. The minimum absolute atomic E-state index is 0.0748. The number of hydrogen-bond acceptors (Lipinski definition) is 8. The fourth-order valence-corrected chi connectivity index (χ4v) is 8.50. The molecule has 0 spiro atoms. The summed E-state index contributed by atoms with van der Waals surface area (Å²) in [5.41, 5.74) is 7.87. The zero-order valence-corrected chi connectivity index (χ0v) is 27.4. The van der Waals surface area contributed by atoms with Gasteiger partial charge in [-0.1, -0.05) is 41.9 Å². The van der Waals surface area contributed by atoms with Gasteiger partial charge in [-0.05, 0) is 85.0 Å². The van der Waals surface area contributed by atoms with E-state index in [0.29, 0.717) is 6.42 Å². The number of rotatable bonds is 8. The van der Waals surface area contributed by atoms with Crippen LogP contribution in [0.1, 0.15) is 72.4 Å². The third-order valence-corrected chi connectivity index (χ3v) is 11.2. The van der Waals surface area contributed by atoms with Crippen molar-refractivity contribution < 1.29 is 27.8 Å². The molecule has 2 atom stereocenters. The molecule has 2 N–H and O–H groups in total. The second kappa shape index (κ2) is 12.5. The molecule has 12 heteroatoms. The predicted molar refractivity (Wildman–Crippen MR) is 172 cm³/mol. The summed E-state index contributed by atoms with van der Waals surface area (Å²) in [6.45, 7) is 6.47. The van der Waals surface area contributed by atoms with Crippen LogP contribution >= 0.6 is 22.4 Å². The van der Waals surface area contributed by atoms with Crippen LogP contribution in [0.4, 0.5) is 4.39 Å². The number of halogens is 2. The van der Waals surface area contributed by atoms with E-state index in [-0.39, 0.29) is 53.7 Å². The molecule has 0 bridgehead atoms. The zero-order valence-electron chi connectivity index (χ0n) is 25.8. The highest BCUT2D eigenvalue weighted by molar-refractivity contribution is 8.22. The van der Waals surface area contributed by atoms with E-state index in [0.717, 1.165) is 58.6 Å². The molecule has 9 nitrogen and oxygen atoms in total. The lowest BCUT2D eigenvalue weighted by Gasteiger charge is -2.42. The van der Waals surface area contributed by atoms with Crippen molar-refractivity contribution in [2.24, 2.45) is 7.05 Å². The molecule has 0 saturated carbocycles. The van der Waals surface area contributed by atoms with Crippen LogP contribution in [-0.4, -0.2) is 53.6 Å². The van der Waals surface area contributed by atoms with Gasteiger partial charge in [-0.15, -0.1) is 15.9 Å². The molecule has 45 heavy (non-hydrogen) atoms. The minimum Gasteiger partial charge on any atom is -0.487 e. The lowest BCUT2D eigenvalue weighted by Crippen LogP contribution is -2.34. The maximum atomic E-state index is 14.4. The molecule has 0 amide bonds. The molecular formula is C33H38ClFN4O5S. The van der Waals surface area contributed by atoms with Gasteiger partial charge >= 0.3 is 5.97 Å². The van der Waals surface area contributed by atoms with Gasteiger partial charge in [0.25, 0.3) is 0 Å². The number of esters is 1. The molecule has 240 valence electrons. The van der Waals surface area contributed by atoms with Gasteiger partial charge in [-0.2, -0.15) is 4.31 Å². The SMILES string of the molecule is CCOC(=O)CC(c1cc2c(c(CN3C[C@@H](CC)Oc4cc(F)c(Cl)cc4S3(O)O)c1)CCC2)c1ccc2c(nnn2C)c1C. The van der Waals surface area contributed by atoms with E-state index in [1.807, 2.05) is 33.0 Å². The fourth-order valence-electron chi connectivity index (χ4n) is 6.65. The highest BCUT2D eigenvalue weighted by Gasteiger charge is 2.37. The van der Waals surface area contributed by atoms with Crippen molar-refractivity contribution in [3.63, 3.8) is 0 Å². The van der Waals surface area contributed by atoms with Crippen LogP contribution in [0.5, 0.6) is 5.75 Å². The average Bonchev–Trinajstić information content (AvgIpc) is 3.62. The molecule has 0 radical (unpaired) electrons. The van der Waals surface area contributed by atoms with Crippen LogP contribution in [0, 0.1) is 12.7 Å². The zero-order chi connectivity index (χ0) is 32.0. The summed E-state index contributed by atoms with van der Waals surface area (Å²) >= 11 is 6.10. The normalized spacial score (nSPS) is 19.0. The predicted octanol–water partition coefficient (Wildman–Crippen LogP) is 7.34. The first-order valence-corrected chi connectivity index (χ1v) is 17.2. The second-order valence-corrected chi connectivity index (χ2v) is 14.2. The molecule has 6 rings (SSSR count). The Bertz CT molecular complexity index is 1780. The second-order valence-electron chi connectivity index (χ2n) is 11.8. The first-order chi connectivity index (χ1) is 21.5. The molecule has 2 aliphatic rings. The van der Waals surface area contributed by atoms with Crippen molar-refractivity contribution in [2.45, 2.75) is 76.3 Å². The summed E-state index contributed by atoms with van der Waals surface area (Å²) in [5.74, 6) is -1.20. The summed E-state index contributed by atoms with van der Waals surface area (Å²) in [6, 6.07) is 10.7. The van der Waals surface area contributed by atoms with Crippen LogP contribution in [0.25, 0.3) is 11.0 Å². The number of benzene rings is 3. The first kappa shape index (κ1) is 31.7. The van der Waals surface area contributed by atoms with Gasteiger partial charge in [0.05, 0.1) is 30.1 Å². The van der Waals surface area contributed by atoms with Crippen molar-refractivity contribution in [1.29, 1.82) is 0 Å². The Kier molecular flexibility index (Phi) is 8.84. The van der Waals surface area contributed by atoms with E-state index in [1.54, 1.807) is 15.9 Å². The molecule has 1 unspecified atom stereocenters. The number of hydrogen-bond donors (Lipinski definition) is 2. The molecule has 1 aromatic heterocycles. The van der Waals surface area contributed by atoms with Crippen molar-refractivity contribution >= 4 is 39.4 Å². The number of carbonyl (C=O) groups is 1. The van der Waals surface area contributed by atoms with Gasteiger partial charge in [0.2, 0.25) is 0 Å². The number of aryl methyl sites for hydroxylation is 3. The molecule has 3 aromatic carbocycles. The lowest BCUT2D eigenvalue weighted by atomic mass is 9.83. The summed E-state index contributed by atoms with van der Waals surface area (Å²) in [5, 5.41) is 8.38. The largest absolute Gasteiger partial charge is 0.487 e. The van der Waals surface area contributed by atoms with Gasteiger partial charge < -0.3 is 9.47 Å². The van der Waals surface area contributed by atoms with Crippen molar-refractivity contribution in [2.75, 3.05) is 13.2 Å². The van der Waals surface area contributed by atoms with E-state index in [4.69, 9.17) is 21.1 Å². The van der Waals surface area contributed by atoms with Crippen LogP contribution in [0.3, 0.4) is 0 Å². The Morgan fingerprint density at radius 1 is 1.22 bits per heavy atom. The van der Waals surface area contributed by atoms with E-state index in [1.165, 1.54) is 17.2 Å². The van der Waals surface area contributed by atoms with E-state index >= 15 is 0 Å². The fraction of sp³-hybridized carbons (Fsp3) is 0.424. The lowest BCUT2D eigenvalue weighted by molar-refractivity contribution is -0.143. The van der Waals surface area contributed by atoms with Crippen LogP contribution in [0.15, 0.2) is 41.3 Å². The highest BCUT2D eigenvalue weighted by Crippen LogP contribution is 2.58. The summed E-state index contributed by atoms with van der Waals surface area (Å²) < 4.78 is 52.7. The minimum atomic E-state index is -3.59. The Morgan fingerprint density at radius 3 is 2.78 bits per heavy atom. The maximum Gasteiger partial charge on any atom is 0.306 e. The molecule has 0 saturated heterocycles. The third kappa shape index (κ3) is 5.92. The van der Waals surface area contributed by atoms with Gasteiger partial charge in [0.15, 0.2) is 0 Å². The van der Waals surface area contributed by atoms with E-state index in [2.05, 4.69) is 22.4 Å². The number of carbonyl (C=O) groups excluding carboxylic acids is 1. The topological polar surface area (TPSA) is 110 Å². The van der Waals surface area contributed by atoms with Crippen LogP contribution in [0.2, 0.25) is 5.02 Å². The Labute approximate surface area is 268 Å². The standard InChI is InChI=1S/C33H38ClFN4O5S/c1-5-23-18-39(45(41,42)31-15-27(34)28(35)16-30(31)44-23)17-22-13-21(12-20-8-7-9-25(20)22)26(14-32(40)43-6-2)24-10-11-29-33(19(24)3)36-37-38(29)4/h10-13,15-16,23,26,41-42H,5-9,14,17-18H2,1-4H3/t23-,26?/m1/s1. The summed E-state index contributed by atoms with van der Waals surface area (Å²) in [4.78, 5) is 13.1. The molecule has 1 aliphatic carbocycles. The van der Waals surface area contributed by atoms with Crippen molar-refractivity contribution in [1.82, 2.24) is 19.3 Å². The number of fused-ring (bicyclic) bond motifs is 3. The maximum absolute atomic E-state index is 14.4. The van der Waals surface area contributed by atoms with Gasteiger partial charge in [-0.25, -0.2) is 9.07 Å². The van der Waals surface area contributed by atoms with E-state index in [9.17, 15) is 18.3 Å². The molecule has 2 heterocycles. The first-order valence-electron chi connectivity index (χ1n) is 15.3. The Balaban J connectivity index is 1.45. The van der Waals surface area contributed by atoms with E-state index < -0.39 is 22.7 Å². The Morgan fingerprint density at radius 2 is 2.02 bits per heavy atom. The van der Waals surface area contributed by atoms with Gasteiger partial charge in [0.1, 0.15) is 28.1 Å².